The third kappa shape index (κ3) is 5.52. The minimum atomic E-state index is -4.36. The van der Waals surface area contributed by atoms with Crippen LogP contribution in [0.4, 0.5) is 20.2 Å². The van der Waals surface area contributed by atoms with Crippen molar-refractivity contribution in [3.63, 3.8) is 0 Å². The number of sulfonamides is 1. The maximum atomic E-state index is 13.7. The highest BCUT2D eigenvalue weighted by Crippen LogP contribution is 2.33. The lowest BCUT2D eigenvalue weighted by Gasteiger charge is -2.25. The van der Waals surface area contributed by atoms with Crippen molar-refractivity contribution < 1.29 is 31.5 Å². The van der Waals surface area contributed by atoms with Crippen molar-refractivity contribution in [3.05, 3.63) is 77.3 Å². The van der Waals surface area contributed by atoms with Gasteiger partial charge in [-0.3, -0.25) is 9.10 Å². The Balaban J connectivity index is 2.02. The second kappa shape index (κ2) is 10.1. The van der Waals surface area contributed by atoms with Gasteiger partial charge in [0.25, 0.3) is 10.0 Å². The van der Waals surface area contributed by atoms with Crippen molar-refractivity contribution in [2.75, 3.05) is 30.4 Å². The zero-order valence-electron chi connectivity index (χ0n) is 17.5. The van der Waals surface area contributed by atoms with Crippen LogP contribution in [0.1, 0.15) is 0 Å². The molecule has 0 unspecified atom stereocenters. The van der Waals surface area contributed by atoms with Crippen molar-refractivity contribution in [1.29, 1.82) is 0 Å². The molecule has 0 atom stereocenters. The van der Waals surface area contributed by atoms with E-state index in [4.69, 9.17) is 21.1 Å². The van der Waals surface area contributed by atoms with Crippen molar-refractivity contribution in [3.8, 4) is 11.5 Å². The van der Waals surface area contributed by atoms with Gasteiger partial charge in [0.1, 0.15) is 18.2 Å². The molecule has 1 N–H and O–H groups in total. The van der Waals surface area contributed by atoms with E-state index in [1.54, 1.807) is 0 Å². The largest absolute Gasteiger partial charge is 0.493 e. The second-order valence-electron chi connectivity index (χ2n) is 6.69. The Labute approximate surface area is 194 Å². The third-order valence-corrected chi connectivity index (χ3v) is 6.59. The van der Waals surface area contributed by atoms with Crippen LogP contribution < -0.4 is 19.1 Å². The molecule has 3 aromatic carbocycles. The van der Waals surface area contributed by atoms with Crippen molar-refractivity contribution in [1.82, 2.24) is 0 Å². The lowest BCUT2D eigenvalue weighted by atomic mass is 10.3. The number of hydrogen-bond donors (Lipinski definition) is 1. The maximum Gasteiger partial charge on any atom is 0.264 e. The van der Waals surface area contributed by atoms with Gasteiger partial charge in [0.15, 0.2) is 11.5 Å². The first kappa shape index (κ1) is 24.3. The summed E-state index contributed by atoms with van der Waals surface area (Å²) in [6.45, 7) is -0.699. The first-order valence-corrected chi connectivity index (χ1v) is 11.2. The molecule has 0 bridgehead atoms. The number of amides is 1. The van der Waals surface area contributed by atoms with Crippen LogP contribution in [0.3, 0.4) is 0 Å². The monoisotopic (exact) mass is 496 g/mol. The first-order valence-electron chi connectivity index (χ1n) is 9.41. The van der Waals surface area contributed by atoms with Crippen LogP contribution in [0.15, 0.2) is 65.6 Å². The summed E-state index contributed by atoms with van der Waals surface area (Å²) in [5.74, 6) is -1.64. The number of rotatable bonds is 8. The third-order valence-electron chi connectivity index (χ3n) is 4.53. The number of halogens is 3. The van der Waals surface area contributed by atoms with E-state index in [0.717, 1.165) is 22.5 Å². The lowest BCUT2D eigenvalue weighted by Crippen LogP contribution is -2.38. The maximum absolute atomic E-state index is 13.7. The summed E-state index contributed by atoms with van der Waals surface area (Å²) in [7, 11) is -1.61. The number of anilines is 2. The van der Waals surface area contributed by atoms with Crippen LogP contribution in [-0.2, 0) is 14.8 Å². The van der Waals surface area contributed by atoms with E-state index >= 15 is 0 Å². The van der Waals surface area contributed by atoms with E-state index in [2.05, 4.69) is 5.32 Å². The summed E-state index contributed by atoms with van der Waals surface area (Å²) in [5.41, 5.74) is 0.0891. The quantitative estimate of drug-likeness (QED) is 0.497. The van der Waals surface area contributed by atoms with Crippen LogP contribution in [0.25, 0.3) is 0 Å². The van der Waals surface area contributed by atoms with Crippen LogP contribution in [0.5, 0.6) is 11.5 Å². The number of nitrogens with zero attached hydrogens (tertiary/aromatic N) is 1. The van der Waals surface area contributed by atoms with E-state index in [1.165, 1.54) is 56.7 Å². The number of nitrogens with one attached hydrogen (secondary N) is 1. The molecule has 33 heavy (non-hydrogen) atoms. The Hall–Kier alpha value is -3.37. The Morgan fingerprint density at radius 1 is 1.00 bits per heavy atom. The van der Waals surface area contributed by atoms with Gasteiger partial charge in [-0.2, -0.15) is 0 Å². The van der Waals surface area contributed by atoms with Gasteiger partial charge in [-0.25, -0.2) is 17.2 Å². The molecule has 0 aromatic heterocycles. The van der Waals surface area contributed by atoms with E-state index in [1.807, 2.05) is 0 Å². The van der Waals surface area contributed by atoms with Crippen LogP contribution in [-0.4, -0.2) is 35.1 Å². The van der Waals surface area contributed by atoms with Crippen molar-refractivity contribution >= 4 is 38.9 Å². The normalized spacial score (nSPS) is 11.1. The molecule has 0 aliphatic rings. The highest BCUT2D eigenvalue weighted by Gasteiger charge is 2.29. The Morgan fingerprint density at radius 2 is 1.73 bits per heavy atom. The second-order valence-corrected chi connectivity index (χ2v) is 8.95. The smallest absolute Gasteiger partial charge is 0.264 e. The SMILES string of the molecule is COc1ccc(S(=O)(=O)N(CC(=O)Nc2cccc(F)c2)c2ccc(F)c(Cl)c2)cc1OC. The fourth-order valence-electron chi connectivity index (χ4n) is 2.96. The van der Waals surface area contributed by atoms with E-state index < -0.39 is 34.1 Å². The van der Waals surface area contributed by atoms with Crippen molar-refractivity contribution in [2.45, 2.75) is 4.90 Å². The number of ether oxygens (including phenoxy) is 2. The molecule has 0 heterocycles. The lowest BCUT2D eigenvalue weighted by molar-refractivity contribution is -0.114. The first-order chi connectivity index (χ1) is 15.6. The van der Waals surface area contributed by atoms with Gasteiger partial charge in [-0.15, -0.1) is 0 Å². The molecule has 0 spiro atoms. The molecule has 11 heteroatoms. The number of benzene rings is 3. The van der Waals surface area contributed by atoms with Gasteiger partial charge in [0.2, 0.25) is 5.91 Å². The van der Waals surface area contributed by atoms with Crippen molar-refractivity contribution in [2.24, 2.45) is 0 Å². The summed E-state index contributed by atoms with van der Waals surface area (Å²) < 4.78 is 65.2. The van der Waals surface area contributed by atoms with Gasteiger partial charge >= 0.3 is 0 Å². The molecule has 0 saturated heterocycles. The number of carbonyl (C=O) groups excluding carboxylic acids is 1. The molecular weight excluding hydrogens is 478 g/mol. The molecule has 0 aliphatic heterocycles. The highest BCUT2D eigenvalue weighted by molar-refractivity contribution is 7.92. The minimum absolute atomic E-state index is 0.0504. The zero-order chi connectivity index (χ0) is 24.2. The van der Waals surface area contributed by atoms with Gasteiger partial charge in [-0.05, 0) is 48.5 Å². The molecule has 3 rings (SSSR count). The number of hydrogen-bond acceptors (Lipinski definition) is 5. The molecule has 0 fully saturated rings. The summed E-state index contributed by atoms with van der Waals surface area (Å²) in [5, 5.41) is 2.11. The van der Waals surface area contributed by atoms with Crippen LogP contribution in [0.2, 0.25) is 5.02 Å². The van der Waals surface area contributed by atoms with Gasteiger partial charge < -0.3 is 14.8 Å². The van der Waals surface area contributed by atoms with E-state index in [0.29, 0.717) is 5.75 Å². The summed E-state index contributed by atoms with van der Waals surface area (Å²) >= 11 is 5.85. The molecule has 0 saturated carbocycles. The Kier molecular flexibility index (Phi) is 7.39. The molecule has 1 amide bonds. The molecule has 174 valence electrons. The number of carbonyl (C=O) groups is 1. The molecular formula is C22H19ClF2N2O5S. The highest BCUT2D eigenvalue weighted by atomic mass is 35.5. The zero-order valence-corrected chi connectivity index (χ0v) is 19.1. The predicted molar refractivity (Wildman–Crippen MR) is 121 cm³/mol. The topological polar surface area (TPSA) is 84.9 Å². The summed E-state index contributed by atoms with van der Waals surface area (Å²) in [6.07, 6.45) is 0. The Morgan fingerprint density at radius 3 is 2.36 bits per heavy atom. The average molecular weight is 497 g/mol. The fraction of sp³-hybridized carbons (Fsp3) is 0.136. The van der Waals surface area contributed by atoms with E-state index in [9.17, 15) is 22.0 Å². The fourth-order valence-corrected chi connectivity index (χ4v) is 4.56. The Bertz CT molecular complexity index is 1290. The summed E-state index contributed by atoms with van der Waals surface area (Å²) in [4.78, 5) is 12.5. The van der Waals surface area contributed by atoms with Crippen LogP contribution in [0, 0.1) is 11.6 Å². The average Bonchev–Trinajstić information content (AvgIpc) is 2.78. The van der Waals surface area contributed by atoms with Gasteiger partial charge in [-0.1, -0.05) is 17.7 Å². The molecule has 0 aliphatic carbocycles. The molecule has 0 radical (unpaired) electrons. The summed E-state index contributed by atoms with van der Waals surface area (Å²) in [6, 6.07) is 12.3. The predicted octanol–water partition coefficient (Wildman–Crippen LogP) is 4.47. The van der Waals surface area contributed by atoms with Gasteiger partial charge in [0, 0.05) is 11.8 Å². The molecule has 3 aromatic rings. The minimum Gasteiger partial charge on any atom is -0.493 e. The molecule has 7 nitrogen and oxygen atoms in total. The van der Waals surface area contributed by atoms with E-state index in [-0.39, 0.29) is 27.0 Å². The number of methoxy groups -OCH3 is 2. The van der Waals surface area contributed by atoms with Crippen LogP contribution >= 0.6 is 11.6 Å². The standard InChI is InChI=1S/C22H19ClF2N2O5S/c1-31-20-9-7-17(12-21(20)32-2)33(29,30)27(16-6-8-19(25)18(23)11-16)13-22(28)26-15-5-3-4-14(24)10-15/h3-12H,13H2,1-2H3,(H,26,28). The van der Waals surface area contributed by atoms with Gasteiger partial charge in [0.05, 0.1) is 29.8 Å².